The summed E-state index contributed by atoms with van der Waals surface area (Å²) >= 11 is 0. The van der Waals surface area contributed by atoms with Gasteiger partial charge in [0.05, 0.1) is 5.69 Å². The molecule has 1 fully saturated rings. The highest BCUT2D eigenvalue weighted by atomic mass is 19.4. The van der Waals surface area contributed by atoms with Crippen LogP contribution in [-0.4, -0.2) is 53.0 Å². The molecule has 2 N–H and O–H groups in total. The first-order valence-corrected chi connectivity index (χ1v) is 10.7. The molecule has 3 aromatic rings. The van der Waals surface area contributed by atoms with E-state index < -0.39 is 12.2 Å². The molecular formula is C24H22F4N4O. The van der Waals surface area contributed by atoms with Crippen LogP contribution >= 0.6 is 0 Å². The van der Waals surface area contributed by atoms with Gasteiger partial charge in [0, 0.05) is 61.1 Å². The predicted octanol–water partition coefficient (Wildman–Crippen LogP) is 4.12. The van der Waals surface area contributed by atoms with Crippen molar-refractivity contribution in [1.29, 1.82) is 0 Å². The van der Waals surface area contributed by atoms with E-state index >= 15 is 0 Å². The Bertz CT molecular complexity index is 1300. The number of rotatable bonds is 5. The van der Waals surface area contributed by atoms with Crippen molar-refractivity contribution in [2.24, 2.45) is 0 Å². The topological polar surface area (TPSA) is 53.1 Å². The lowest BCUT2D eigenvalue weighted by Gasteiger charge is -2.38. The number of fused-ring (bicyclic) bond motifs is 1. The molecular weight excluding hydrogens is 436 g/mol. The fourth-order valence-electron chi connectivity index (χ4n) is 4.43. The van der Waals surface area contributed by atoms with E-state index in [2.05, 4.69) is 15.2 Å². The number of dihydropyridines is 1. The van der Waals surface area contributed by atoms with Crippen molar-refractivity contribution in [2.75, 3.05) is 26.3 Å². The molecule has 1 atom stereocenters. The maximum Gasteiger partial charge on any atom is 0.412 e. The van der Waals surface area contributed by atoms with Gasteiger partial charge in [-0.25, -0.2) is 4.39 Å². The molecule has 2 aliphatic heterocycles. The Balaban J connectivity index is 1.36. The van der Waals surface area contributed by atoms with Crippen molar-refractivity contribution in [3.8, 4) is 5.69 Å². The van der Waals surface area contributed by atoms with Crippen LogP contribution < -0.4 is 10.9 Å². The molecule has 4 heterocycles. The summed E-state index contributed by atoms with van der Waals surface area (Å²) in [5.41, 5.74) is 3.53. The molecule has 0 spiro atoms. The minimum Gasteiger partial charge on any atom is -0.376 e. The van der Waals surface area contributed by atoms with Crippen LogP contribution in [0.15, 0.2) is 65.9 Å². The first-order valence-electron chi connectivity index (χ1n) is 10.7. The van der Waals surface area contributed by atoms with Gasteiger partial charge in [-0.3, -0.25) is 14.3 Å². The number of aromatic nitrogens is 2. The van der Waals surface area contributed by atoms with Crippen LogP contribution in [0.2, 0.25) is 0 Å². The average Bonchev–Trinajstić information content (AvgIpc) is 3.18. The fourth-order valence-corrected chi connectivity index (χ4v) is 4.43. The molecule has 172 valence electrons. The first kappa shape index (κ1) is 21.5. The Morgan fingerprint density at radius 2 is 1.94 bits per heavy atom. The Morgan fingerprint density at radius 3 is 2.61 bits per heavy atom. The maximum absolute atomic E-state index is 12.8. The summed E-state index contributed by atoms with van der Waals surface area (Å²) in [4.78, 5) is 18.1. The molecule has 9 heteroatoms. The molecule has 2 aromatic heterocycles. The number of aromatic amines is 1. The molecule has 5 nitrogen and oxygen atoms in total. The van der Waals surface area contributed by atoms with Gasteiger partial charge in [0.25, 0.3) is 5.56 Å². The Kier molecular flexibility index (Phi) is 5.36. The number of nitrogens with zero attached hydrogens (tertiary/aromatic N) is 2. The standard InChI is InChI=1S/C24H22F4N4O/c25-6-8-31-13-17(14-31)20-12-29-21-10-18(2-3-19(20)21)32-7-5-15(9-23(32)33)16-1-4-22(30-11-16)24(26,27)28/h1-5,7,9-12,17,22,29-30H,6,8,13-14H2. The second-order valence-corrected chi connectivity index (χ2v) is 8.39. The van der Waals surface area contributed by atoms with Crippen molar-refractivity contribution in [2.45, 2.75) is 18.1 Å². The molecule has 0 aliphatic carbocycles. The third kappa shape index (κ3) is 4.08. The summed E-state index contributed by atoms with van der Waals surface area (Å²) < 4.78 is 52.4. The number of allylic oxidation sites excluding steroid dienone is 2. The number of H-pyrrole nitrogens is 1. The summed E-state index contributed by atoms with van der Waals surface area (Å²) in [6.07, 6.45) is 2.91. The fraction of sp³-hybridized carbons (Fsp3) is 0.292. The molecule has 0 bridgehead atoms. The Hall–Kier alpha value is -3.33. The largest absolute Gasteiger partial charge is 0.412 e. The Morgan fingerprint density at radius 1 is 1.12 bits per heavy atom. The highest BCUT2D eigenvalue weighted by Crippen LogP contribution is 2.33. The highest BCUT2D eigenvalue weighted by Gasteiger charge is 2.38. The van der Waals surface area contributed by atoms with Crippen LogP contribution in [0.4, 0.5) is 17.6 Å². The van der Waals surface area contributed by atoms with Gasteiger partial charge in [-0.1, -0.05) is 18.2 Å². The second-order valence-electron chi connectivity index (χ2n) is 8.39. The maximum atomic E-state index is 12.8. The highest BCUT2D eigenvalue weighted by molar-refractivity contribution is 5.85. The smallest absolute Gasteiger partial charge is 0.376 e. The third-order valence-corrected chi connectivity index (χ3v) is 6.27. The van der Waals surface area contributed by atoms with Crippen LogP contribution in [0.25, 0.3) is 22.2 Å². The zero-order valence-electron chi connectivity index (χ0n) is 17.6. The minimum atomic E-state index is -4.37. The molecule has 5 rings (SSSR count). The van der Waals surface area contributed by atoms with Crippen LogP contribution in [-0.2, 0) is 0 Å². The van der Waals surface area contributed by atoms with Crippen molar-refractivity contribution in [3.05, 3.63) is 82.6 Å². The van der Waals surface area contributed by atoms with Crippen molar-refractivity contribution < 1.29 is 17.6 Å². The van der Waals surface area contributed by atoms with Crippen LogP contribution in [0.5, 0.6) is 0 Å². The number of alkyl halides is 4. The molecule has 0 radical (unpaired) electrons. The monoisotopic (exact) mass is 458 g/mol. The van der Waals surface area contributed by atoms with E-state index in [1.807, 2.05) is 24.4 Å². The summed E-state index contributed by atoms with van der Waals surface area (Å²) in [6.45, 7) is 1.80. The number of pyridine rings is 1. The number of hydrogen-bond acceptors (Lipinski definition) is 3. The third-order valence-electron chi connectivity index (χ3n) is 6.27. The van der Waals surface area contributed by atoms with Crippen molar-refractivity contribution in [3.63, 3.8) is 0 Å². The summed E-state index contributed by atoms with van der Waals surface area (Å²) in [5.74, 6) is 0.362. The van der Waals surface area contributed by atoms with E-state index in [-0.39, 0.29) is 12.2 Å². The van der Waals surface area contributed by atoms with Crippen LogP contribution in [0, 0.1) is 0 Å². The summed E-state index contributed by atoms with van der Waals surface area (Å²) in [6, 6.07) is 7.12. The van der Waals surface area contributed by atoms with Gasteiger partial charge < -0.3 is 10.3 Å². The van der Waals surface area contributed by atoms with Gasteiger partial charge in [0.1, 0.15) is 12.7 Å². The number of benzene rings is 1. The van der Waals surface area contributed by atoms with E-state index in [9.17, 15) is 22.4 Å². The minimum absolute atomic E-state index is 0.285. The second kappa shape index (κ2) is 8.22. The van der Waals surface area contributed by atoms with Crippen molar-refractivity contribution >= 4 is 16.5 Å². The van der Waals surface area contributed by atoms with E-state index in [4.69, 9.17) is 0 Å². The quantitative estimate of drug-likeness (QED) is 0.566. The number of nitrogens with one attached hydrogen (secondary N) is 2. The molecule has 1 saturated heterocycles. The van der Waals surface area contributed by atoms with E-state index in [0.29, 0.717) is 29.3 Å². The lowest BCUT2D eigenvalue weighted by Crippen LogP contribution is -2.45. The number of hydrogen-bond donors (Lipinski definition) is 2. The normalized spacial score (nSPS) is 19.4. The van der Waals surface area contributed by atoms with E-state index in [0.717, 1.165) is 30.1 Å². The lowest BCUT2D eigenvalue weighted by molar-refractivity contribution is -0.142. The summed E-state index contributed by atoms with van der Waals surface area (Å²) in [5, 5.41) is 3.40. The van der Waals surface area contributed by atoms with Gasteiger partial charge >= 0.3 is 6.18 Å². The zero-order chi connectivity index (χ0) is 23.2. The molecule has 2 aliphatic rings. The number of halogens is 4. The van der Waals surface area contributed by atoms with Gasteiger partial charge in [0.15, 0.2) is 0 Å². The first-order chi connectivity index (χ1) is 15.8. The zero-order valence-corrected chi connectivity index (χ0v) is 17.6. The van der Waals surface area contributed by atoms with Gasteiger partial charge in [0.2, 0.25) is 0 Å². The molecule has 0 amide bonds. The SMILES string of the molecule is O=c1cc(C2=CNC(C(F)(F)F)C=C2)ccn1-c1ccc2c(C3CN(CCF)C3)c[nH]c2c1. The lowest BCUT2D eigenvalue weighted by atomic mass is 9.91. The molecule has 1 unspecified atom stereocenters. The Labute approximate surface area is 187 Å². The van der Waals surface area contributed by atoms with Gasteiger partial charge in [-0.15, -0.1) is 0 Å². The average molecular weight is 458 g/mol. The summed E-state index contributed by atoms with van der Waals surface area (Å²) in [7, 11) is 0. The van der Waals surface area contributed by atoms with E-state index in [1.54, 1.807) is 12.3 Å². The molecule has 0 saturated carbocycles. The van der Waals surface area contributed by atoms with Gasteiger partial charge in [-0.05, 0) is 34.9 Å². The van der Waals surface area contributed by atoms with Crippen LogP contribution in [0.1, 0.15) is 17.0 Å². The number of likely N-dealkylation sites (tertiary alicyclic amines) is 1. The van der Waals surface area contributed by atoms with E-state index in [1.165, 1.54) is 28.5 Å². The van der Waals surface area contributed by atoms with Crippen molar-refractivity contribution in [1.82, 2.24) is 19.8 Å². The van der Waals surface area contributed by atoms with Crippen LogP contribution in [0.3, 0.4) is 0 Å². The van der Waals surface area contributed by atoms with Gasteiger partial charge in [-0.2, -0.15) is 13.2 Å². The predicted molar refractivity (Wildman–Crippen MR) is 119 cm³/mol. The molecule has 1 aromatic carbocycles. The molecule has 33 heavy (non-hydrogen) atoms.